The second kappa shape index (κ2) is 9.52. The predicted octanol–water partition coefficient (Wildman–Crippen LogP) is 2.61. The van der Waals surface area contributed by atoms with Gasteiger partial charge in [0.05, 0.1) is 5.56 Å². The molecule has 0 atom stereocenters. The fourth-order valence-corrected chi connectivity index (χ4v) is 2.87. The lowest BCUT2D eigenvalue weighted by atomic mass is 10.2. The molecular weight excluding hydrogens is 286 g/mol. The fraction of sp³-hybridized carbons (Fsp3) is 0.533. The van der Waals surface area contributed by atoms with E-state index in [0.717, 1.165) is 30.3 Å². The van der Waals surface area contributed by atoms with Gasteiger partial charge in [-0.1, -0.05) is 32.0 Å². The van der Waals surface area contributed by atoms with Gasteiger partial charge in [-0.05, 0) is 31.0 Å². The number of benzene rings is 1. The van der Waals surface area contributed by atoms with Gasteiger partial charge in [0.15, 0.2) is 5.84 Å². The van der Waals surface area contributed by atoms with Gasteiger partial charge in [0, 0.05) is 11.4 Å². The molecule has 0 aliphatic rings. The van der Waals surface area contributed by atoms with Gasteiger partial charge in [0.2, 0.25) is 0 Å². The number of hydrogen-bond donors (Lipinski definition) is 2. The van der Waals surface area contributed by atoms with Gasteiger partial charge >= 0.3 is 0 Å². The van der Waals surface area contributed by atoms with Crippen molar-refractivity contribution in [3.63, 3.8) is 0 Å². The molecule has 0 aliphatic carbocycles. The normalized spacial score (nSPS) is 11.9. The SMILES string of the molecule is CCSc1cccc(OCCN(CC)CC)c1/C(N)=N/O. The Morgan fingerprint density at radius 3 is 2.62 bits per heavy atom. The number of ether oxygens (including phenoxy) is 1. The highest BCUT2D eigenvalue weighted by Crippen LogP contribution is 2.30. The minimum Gasteiger partial charge on any atom is -0.491 e. The van der Waals surface area contributed by atoms with E-state index in [2.05, 4.69) is 30.8 Å². The van der Waals surface area contributed by atoms with Gasteiger partial charge < -0.3 is 20.6 Å². The molecule has 0 fully saturated rings. The predicted molar refractivity (Wildman–Crippen MR) is 88.6 cm³/mol. The maximum absolute atomic E-state index is 8.99. The summed E-state index contributed by atoms with van der Waals surface area (Å²) in [5, 5.41) is 12.1. The number of hydrogen-bond acceptors (Lipinski definition) is 5. The molecule has 0 spiro atoms. The van der Waals surface area contributed by atoms with Crippen molar-refractivity contribution in [2.24, 2.45) is 10.9 Å². The Morgan fingerprint density at radius 2 is 2.05 bits per heavy atom. The zero-order chi connectivity index (χ0) is 15.7. The molecule has 1 aromatic rings. The lowest BCUT2D eigenvalue weighted by Gasteiger charge is -2.19. The Balaban J connectivity index is 2.88. The monoisotopic (exact) mass is 311 g/mol. The summed E-state index contributed by atoms with van der Waals surface area (Å²) in [5.41, 5.74) is 6.48. The molecule has 0 heterocycles. The molecule has 0 radical (unpaired) electrons. The van der Waals surface area contributed by atoms with Crippen molar-refractivity contribution in [3.05, 3.63) is 23.8 Å². The Hall–Kier alpha value is -1.40. The third-order valence-electron chi connectivity index (χ3n) is 3.21. The summed E-state index contributed by atoms with van der Waals surface area (Å²) < 4.78 is 5.85. The van der Waals surface area contributed by atoms with Crippen LogP contribution >= 0.6 is 11.8 Å². The first kappa shape index (κ1) is 17.7. The summed E-state index contributed by atoms with van der Waals surface area (Å²) in [7, 11) is 0. The molecule has 118 valence electrons. The zero-order valence-electron chi connectivity index (χ0n) is 13.0. The Labute approximate surface area is 131 Å². The minimum atomic E-state index is 0.0874. The first-order valence-corrected chi connectivity index (χ1v) is 8.25. The van der Waals surface area contributed by atoms with Crippen LogP contribution in [0.2, 0.25) is 0 Å². The van der Waals surface area contributed by atoms with E-state index in [1.165, 1.54) is 0 Å². The summed E-state index contributed by atoms with van der Waals surface area (Å²) in [5.74, 6) is 1.66. The number of oxime groups is 1. The Kier molecular flexibility index (Phi) is 8.00. The van der Waals surface area contributed by atoms with Gasteiger partial charge in [-0.2, -0.15) is 0 Å². The number of thioether (sulfide) groups is 1. The average Bonchev–Trinajstić information content (AvgIpc) is 2.51. The lowest BCUT2D eigenvalue weighted by Crippen LogP contribution is -2.28. The molecule has 0 bridgehead atoms. The van der Waals surface area contributed by atoms with Crippen LogP contribution in [0.1, 0.15) is 26.3 Å². The number of rotatable bonds is 9. The van der Waals surface area contributed by atoms with Gasteiger partial charge in [-0.3, -0.25) is 0 Å². The zero-order valence-corrected chi connectivity index (χ0v) is 13.8. The largest absolute Gasteiger partial charge is 0.491 e. The summed E-state index contributed by atoms with van der Waals surface area (Å²) in [6.45, 7) is 9.75. The van der Waals surface area contributed by atoms with Gasteiger partial charge in [-0.25, -0.2) is 0 Å². The van der Waals surface area contributed by atoms with E-state index in [1.54, 1.807) is 11.8 Å². The Morgan fingerprint density at radius 1 is 1.33 bits per heavy atom. The van der Waals surface area contributed by atoms with Crippen LogP contribution in [-0.2, 0) is 0 Å². The number of likely N-dealkylation sites (N-methyl/N-ethyl adjacent to an activating group) is 1. The van der Waals surface area contributed by atoms with Crippen molar-refractivity contribution in [2.75, 3.05) is 32.0 Å². The van der Waals surface area contributed by atoms with E-state index in [9.17, 15) is 0 Å². The second-order valence-electron chi connectivity index (χ2n) is 4.42. The highest BCUT2D eigenvalue weighted by atomic mass is 32.2. The van der Waals surface area contributed by atoms with Crippen LogP contribution in [0.5, 0.6) is 5.75 Å². The third kappa shape index (κ3) is 5.13. The molecule has 6 heteroatoms. The number of nitrogens with two attached hydrogens (primary N) is 1. The average molecular weight is 311 g/mol. The van der Waals surface area contributed by atoms with Crippen LogP contribution < -0.4 is 10.5 Å². The molecule has 0 amide bonds. The smallest absolute Gasteiger partial charge is 0.174 e. The van der Waals surface area contributed by atoms with Crippen LogP contribution in [-0.4, -0.2) is 47.9 Å². The minimum absolute atomic E-state index is 0.0874. The molecule has 0 saturated carbocycles. The van der Waals surface area contributed by atoms with Gasteiger partial charge in [0.1, 0.15) is 12.4 Å². The van der Waals surface area contributed by atoms with Crippen LogP contribution in [0.3, 0.4) is 0 Å². The molecule has 0 aliphatic heterocycles. The Bertz CT molecular complexity index is 462. The van der Waals surface area contributed by atoms with Crippen molar-refractivity contribution in [1.82, 2.24) is 4.90 Å². The molecule has 0 aromatic heterocycles. The van der Waals surface area contributed by atoms with Crippen LogP contribution in [0.25, 0.3) is 0 Å². The molecule has 1 aromatic carbocycles. The van der Waals surface area contributed by atoms with Crippen molar-refractivity contribution < 1.29 is 9.94 Å². The number of amidine groups is 1. The quantitative estimate of drug-likeness (QED) is 0.241. The van der Waals surface area contributed by atoms with E-state index in [4.69, 9.17) is 15.7 Å². The van der Waals surface area contributed by atoms with Crippen LogP contribution in [0.4, 0.5) is 0 Å². The maximum atomic E-state index is 8.99. The van der Waals surface area contributed by atoms with E-state index < -0.39 is 0 Å². The van der Waals surface area contributed by atoms with Crippen molar-refractivity contribution in [2.45, 2.75) is 25.7 Å². The number of nitrogens with zero attached hydrogens (tertiary/aromatic N) is 2. The van der Waals surface area contributed by atoms with Crippen molar-refractivity contribution >= 4 is 17.6 Å². The molecule has 5 nitrogen and oxygen atoms in total. The van der Waals surface area contributed by atoms with E-state index in [1.807, 2.05) is 18.2 Å². The molecule has 1 rings (SSSR count). The van der Waals surface area contributed by atoms with E-state index in [0.29, 0.717) is 17.9 Å². The summed E-state index contributed by atoms with van der Waals surface area (Å²) in [6.07, 6.45) is 0. The van der Waals surface area contributed by atoms with Crippen LogP contribution in [0.15, 0.2) is 28.3 Å². The van der Waals surface area contributed by atoms with E-state index >= 15 is 0 Å². The molecule has 0 saturated heterocycles. The standard InChI is InChI=1S/C15H25N3O2S/c1-4-18(5-2)10-11-20-12-8-7-9-13(21-6-3)14(12)15(16)17-19/h7-9,19H,4-6,10-11H2,1-3H3,(H2,16,17). The van der Waals surface area contributed by atoms with Crippen molar-refractivity contribution in [3.8, 4) is 5.75 Å². The van der Waals surface area contributed by atoms with E-state index in [-0.39, 0.29) is 5.84 Å². The highest BCUT2D eigenvalue weighted by Gasteiger charge is 2.14. The topological polar surface area (TPSA) is 71.1 Å². The van der Waals surface area contributed by atoms with Gasteiger partial charge in [-0.15, -0.1) is 11.8 Å². The van der Waals surface area contributed by atoms with Crippen LogP contribution in [0, 0.1) is 0 Å². The molecule has 21 heavy (non-hydrogen) atoms. The molecule has 0 unspecified atom stereocenters. The van der Waals surface area contributed by atoms with Crippen molar-refractivity contribution in [1.29, 1.82) is 0 Å². The summed E-state index contributed by atoms with van der Waals surface area (Å²) >= 11 is 1.65. The van der Waals surface area contributed by atoms with Gasteiger partial charge in [0.25, 0.3) is 0 Å². The second-order valence-corrected chi connectivity index (χ2v) is 5.73. The lowest BCUT2D eigenvalue weighted by molar-refractivity contribution is 0.222. The summed E-state index contributed by atoms with van der Waals surface area (Å²) in [6, 6.07) is 5.74. The maximum Gasteiger partial charge on any atom is 0.174 e. The third-order valence-corrected chi connectivity index (χ3v) is 4.15. The molecule has 3 N–H and O–H groups in total. The first-order valence-electron chi connectivity index (χ1n) is 7.26. The fourth-order valence-electron chi connectivity index (χ4n) is 2.03. The summed E-state index contributed by atoms with van der Waals surface area (Å²) in [4.78, 5) is 3.25. The first-order chi connectivity index (χ1) is 10.2. The molecular formula is C15H25N3O2S. The highest BCUT2D eigenvalue weighted by molar-refractivity contribution is 7.99.